The zero-order chi connectivity index (χ0) is 13.5. The number of amides is 1. The summed E-state index contributed by atoms with van der Waals surface area (Å²) >= 11 is 0. The third-order valence-electron chi connectivity index (χ3n) is 3.12. The van der Waals surface area contributed by atoms with Gasteiger partial charge in [0, 0.05) is 26.2 Å². The van der Waals surface area contributed by atoms with Crippen molar-refractivity contribution in [1.29, 1.82) is 5.26 Å². The van der Waals surface area contributed by atoms with Crippen LogP contribution in [0.5, 0.6) is 5.75 Å². The maximum atomic E-state index is 12.0. The fourth-order valence-corrected chi connectivity index (χ4v) is 2.01. The fourth-order valence-electron chi connectivity index (χ4n) is 2.01. The van der Waals surface area contributed by atoms with E-state index in [1.165, 1.54) is 0 Å². The molecule has 1 aliphatic heterocycles. The molecule has 1 heterocycles. The van der Waals surface area contributed by atoms with E-state index >= 15 is 0 Å². The summed E-state index contributed by atoms with van der Waals surface area (Å²) in [7, 11) is 0. The number of piperazine rings is 1. The third-order valence-corrected chi connectivity index (χ3v) is 3.12. The first-order valence-electron chi connectivity index (χ1n) is 6.34. The van der Waals surface area contributed by atoms with E-state index in [2.05, 4.69) is 6.07 Å². The Kier molecular flexibility index (Phi) is 4.76. The topological polar surface area (TPSA) is 56.6 Å². The van der Waals surface area contributed by atoms with Crippen LogP contribution in [0.4, 0.5) is 0 Å². The number of carbonyl (C=O) groups is 1. The zero-order valence-electron chi connectivity index (χ0n) is 10.8. The second-order valence-corrected chi connectivity index (χ2v) is 4.42. The van der Waals surface area contributed by atoms with Crippen LogP contribution in [0.1, 0.15) is 0 Å². The number of benzene rings is 1. The predicted molar refractivity (Wildman–Crippen MR) is 70.6 cm³/mol. The Morgan fingerprint density at radius 3 is 2.53 bits per heavy atom. The van der Waals surface area contributed by atoms with Crippen LogP contribution in [0.25, 0.3) is 0 Å². The standard InChI is InChI=1S/C14H17N3O2/c15-6-7-16-8-10-17(11-9-16)14(18)12-19-13-4-2-1-3-5-13/h1-5H,7-12H2. The highest BCUT2D eigenvalue weighted by Gasteiger charge is 2.20. The van der Waals surface area contributed by atoms with Crippen molar-refractivity contribution in [2.75, 3.05) is 39.3 Å². The van der Waals surface area contributed by atoms with Crippen LogP contribution < -0.4 is 4.74 Å². The number of nitriles is 1. The highest BCUT2D eigenvalue weighted by atomic mass is 16.5. The van der Waals surface area contributed by atoms with Gasteiger partial charge in [-0.3, -0.25) is 9.69 Å². The van der Waals surface area contributed by atoms with Crippen molar-refractivity contribution in [3.63, 3.8) is 0 Å². The van der Waals surface area contributed by atoms with E-state index in [1.807, 2.05) is 35.2 Å². The molecule has 19 heavy (non-hydrogen) atoms. The number of hydrogen-bond acceptors (Lipinski definition) is 4. The summed E-state index contributed by atoms with van der Waals surface area (Å²) in [4.78, 5) is 15.8. The summed E-state index contributed by atoms with van der Waals surface area (Å²) in [6.45, 7) is 3.34. The van der Waals surface area contributed by atoms with Crippen LogP contribution in [0.15, 0.2) is 30.3 Å². The van der Waals surface area contributed by atoms with E-state index in [-0.39, 0.29) is 12.5 Å². The molecule has 0 atom stereocenters. The fraction of sp³-hybridized carbons (Fsp3) is 0.429. The average molecular weight is 259 g/mol. The predicted octanol–water partition coefficient (Wildman–Crippen LogP) is 0.733. The first-order valence-corrected chi connectivity index (χ1v) is 6.34. The first-order chi connectivity index (χ1) is 9.29. The minimum absolute atomic E-state index is 0.000427. The van der Waals surface area contributed by atoms with Gasteiger partial charge in [0.2, 0.25) is 0 Å². The van der Waals surface area contributed by atoms with Gasteiger partial charge in [0.25, 0.3) is 5.91 Å². The molecule has 0 spiro atoms. The molecule has 0 saturated carbocycles. The lowest BCUT2D eigenvalue weighted by atomic mass is 10.3. The van der Waals surface area contributed by atoms with E-state index in [0.717, 1.165) is 13.1 Å². The molecular weight excluding hydrogens is 242 g/mol. The van der Waals surface area contributed by atoms with Crippen LogP contribution >= 0.6 is 0 Å². The first kappa shape index (κ1) is 13.4. The number of hydrogen-bond donors (Lipinski definition) is 0. The lowest BCUT2D eigenvalue weighted by Crippen LogP contribution is -2.49. The van der Waals surface area contributed by atoms with Crippen molar-refractivity contribution >= 4 is 5.91 Å². The van der Waals surface area contributed by atoms with Crippen LogP contribution in [0, 0.1) is 11.3 Å². The van der Waals surface area contributed by atoms with Gasteiger partial charge < -0.3 is 9.64 Å². The molecule has 1 aromatic carbocycles. The summed E-state index contributed by atoms with van der Waals surface area (Å²) in [5.74, 6) is 0.708. The maximum absolute atomic E-state index is 12.0. The molecule has 0 aromatic heterocycles. The molecule has 5 nitrogen and oxygen atoms in total. The largest absolute Gasteiger partial charge is 0.484 e. The van der Waals surface area contributed by atoms with E-state index in [9.17, 15) is 4.79 Å². The minimum Gasteiger partial charge on any atom is -0.484 e. The molecule has 1 aliphatic rings. The lowest BCUT2D eigenvalue weighted by molar-refractivity contribution is -0.135. The molecule has 1 saturated heterocycles. The van der Waals surface area contributed by atoms with Crippen molar-refractivity contribution < 1.29 is 9.53 Å². The van der Waals surface area contributed by atoms with Crippen LogP contribution in [-0.4, -0.2) is 55.0 Å². The van der Waals surface area contributed by atoms with Gasteiger partial charge in [-0.2, -0.15) is 5.26 Å². The molecule has 0 N–H and O–H groups in total. The van der Waals surface area contributed by atoms with Gasteiger partial charge in [-0.05, 0) is 12.1 Å². The van der Waals surface area contributed by atoms with Crippen molar-refractivity contribution in [2.24, 2.45) is 0 Å². The second kappa shape index (κ2) is 6.76. The molecule has 100 valence electrons. The summed E-state index contributed by atoms with van der Waals surface area (Å²) in [6.07, 6.45) is 0. The Morgan fingerprint density at radius 1 is 1.21 bits per heavy atom. The van der Waals surface area contributed by atoms with Crippen LogP contribution in [-0.2, 0) is 4.79 Å². The molecule has 1 amide bonds. The molecule has 5 heteroatoms. The third kappa shape index (κ3) is 3.97. The highest BCUT2D eigenvalue weighted by molar-refractivity contribution is 5.77. The summed E-state index contributed by atoms with van der Waals surface area (Å²) < 4.78 is 5.44. The van der Waals surface area contributed by atoms with Crippen molar-refractivity contribution in [1.82, 2.24) is 9.80 Å². The average Bonchev–Trinajstić information content (AvgIpc) is 2.47. The number of nitrogens with zero attached hydrogens (tertiary/aromatic N) is 3. The highest BCUT2D eigenvalue weighted by Crippen LogP contribution is 2.09. The number of ether oxygens (including phenoxy) is 1. The molecule has 1 fully saturated rings. The maximum Gasteiger partial charge on any atom is 0.260 e. The molecule has 0 aliphatic carbocycles. The summed E-state index contributed by atoms with van der Waals surface area (Å²) in [6, 6.07) is 11.4. The number of carbonyl (C=O) groups excluding carboxylic acids is 1. The Bertz CT molecular complexity index is 448. The van der Waals surface area contributed by atoms with Gasteiger partial charge in [-0.15, -0.1) is 0 Å². The van der Waals surface area contributed by atoms with E-state index in [4.69, 9.17) is 10.00 Å². The molecule has 2 rings (SSSR count). The molecule has 0 unspecified atom stereocenters. The molecular formula is C14H17N3O2. The van der Waals surface area contributed by atoms with E-state index in [1.54, 1.807) is 4.90 Å². The van der Waals surface area contributed by atoms with E-state index < -0.39 is 0 Å². The number of rotatable bonds is 4. The Balaban J connectivity index is 1.74. The number of para-hydroxylation sites is 1. The van der Waals surface area contributed by atoms with E-state index in [0.29, 0.717) is 25.4 Å². The van der Waals surface area contributed by atoms with Gasteiger partial charge in [-0.1, -0.05) is 18.2 Å². The van der Waals surface area contributed by atoms with Gasteiger partial charge >= 0.3 is 0 Å². The zero-order valence-corrected chi connectivity index (χ0v) is 10.8. The van der Waals surface area contributed by atoms with Crippen LogP contribution in [0.3, 0.4) is 0 Å². The van der Waals surface area contributed by atoms with Gasteiger partial charge in [0.05, 0.1) is 12.6 Å². The SMILES string of the molecule is N#CCN1CCN(C(=O)COc2ccccc2)CC1. The summed E-state index contributed by atoms with van der Waals surface area (Å²) in [5, 5.41) is 8.61. The Labute approximate surface area is 113 Å². The normalized spacial score (nSPS) is 15.8. The minimum atomic E-state index is 0.000427. The lowest BCUT2D eigenvalue weighted by Gasteiger charge is -2.33. The second-order valence-electron chi connectivity index (χ2n) is 4.42. The molecule has 0 radical (unpaired) electrons. The van der Waals surface area contributed by atoms with Crippen molar-refractivity contribution in [3.8, 4) is 11.8 Å². The summed E-state index contributed by atoms with van der Waals surface area (Å²) in [5.41, 5.74) is 0. The monoisotopic (exact) mass is 259 g/mol. The van der Waals surface area contributed by atoms with Crippen molar-refractivity contribution in [2.45, 2.75) is 0 Å². The van der Waals surface area contributed by atoms with Crippen LogP contribution in [0.2, 0.25) is 0 Å². The molecule has 0 bridgehead atoms. The van der Waals surface area contributed by atoms with Gasteiger partial charge in [0.15, 0.2) is 6.61 Å². The Morgan fingerprint density at radius 2 is 1.89 bits per heavy atom. The smallest absolute Gasteiger partial charge is 0.260 e. The van der Waals surface area contributed by atoms with Crippen molar-refractivity contribution in [3.05, 3.63) is 30.3 Å². The quantitative estimate of drug-likeness (QED) is 0.748. The van der Waals surface area contributed by atoms with Gasteiger partial charge in [0.1, 0.15) is 5.75 Å². The molecule has 1 aromatic rings. The Hall–Kier alpha value is -2.06. The van der Waals surface area contributed by atoms with Gasteiger partial charge in [-0.25, -0.2) is 0 Å².